The fourth-order valence-electron chi connectivity index (χ4n) is 1.71. The van der Waals surface area contributed by atoms with Crippen LogP contribution in [-0.4, -0.2) is 18.9 Å². The topological polar surface area (TPSA) is 44.1 Å². The summed E-state index contributed by atoms with van der Waals surface area (Å²) in [6, 6.07) is 12.2. The van der Waals surface area contributed by atoms with Crippen LogP contribution in [0.4, 0.5) is 5.69 Å². The lowest BCUT2D eigenvalue weighted by molar-refractivity contribution is -0.117. The molecule has 90 valence electrons. The SMILES string of the molecule is CC(=O)CCCN(CCC#N)c1ccccc1. The molecule has 0 aromatic heterocycles. The maximum absolute atomic E-state index is 10.9. The first-order valence-electron chi connectivity index (χ1n) is 5.90. The highest BCUT2D eigenvalue weighted by Crippen LogP contribution is 2.14. The third-order valence-electron chi connectivity index (χ3n) is 2.57. The van der Waals surface area contributed by atoms with Crippen LogP contribution < -0.4 is 4.90 Å². The summed E-state index contributed by atoms with van der Waals surface area (Å²) in [5.41, 5.74) is 1.12. The van der Waals surface area contributed by atoms with E-state index in [4.69, 9.17) is 5.26 Å². The van der Waals surface area contributed by atoms with Crippen LogP contribution in [0, 0.1) is 11.3 Å². The van der Waals surface area contributed by atoms with Gasteiger partial charge in [0.1, 0.15) is 5.78 Å². The van der Waals surface area contributed by atoms with Crippen LogP contribution in [0.5, 0.6) is 0 Å². The number of anilines is 1. The van der Waals surface area contributed by atoms with Crippen LogP contribution in [-0.2, 0) is 4.79 Å². The van der Waals surface area contributed by atoms with Gasteiger partial charge in [0.25, 0.3) is 0 Å². The van der Waals surface area contributed by atoms with Crippen molar-refractivity contribution in [1.82, 2.24) is 0 Å². The molecule has 3 nitrogen and oxygen atoms in total. The van der Waals surface area contributed by atoms with Gasteiger partial charge in [-0.2, -0.15) is 5.26 Å². The molecule has 0 N–H and O–H groups in total. The predicted molar refractivity (Wildman–Crippen MR) is 68.8 cm³/mol. The van der Waals surface area contributed by atoms with Crippen molar-refractivity contribution in [2.75, 3.05) is 18.0 Å². The number of hydrogen-bond acceptors (Lipinski definition) is 3. The Morgan fingerprint density at radius 1 is 1.29 bits per heavy atom. The molecule has 0 saturated carbocycles. The molecule has 1 rings (SSSR count). The molecule has 0 fully saturated rings. The zero-order valence-electron chi connectivity index (χ0n) is 10.2. The highest BCUT2D eigenvalue weighted by molar-refractivity contribution is 5.75. The zero-order chi connectivity index (χ0) is 12.5. The van der Waals surface area contributed by atoms with E-state index in [2.05, 4.69) is 11.0 Å². The van der Waals surface area contributed by atoms with Gasteiger partial charge in [-0.05, 0) is 25.5 Å². The fraction of sp³-hybridized carbons (Fsp3) is 0.429. The molecule has 0 bridgehead atoms. The van der Waals surface area contributed by atoms with Gasteiger partial charge in [-0.1, -0.05) is 18.2 Å². The van der Waals surface area contributed by atoms with Gasteiger partial charge < -0.3 is 9.69 Å². The number of ketones is 1. The van der Waals surface area contributed by atoms with E-state index < -0.39 is 0 Å². The number of rotatable bonds is 7. The van der Waals surface area contributed by atoms with Gasteiger partial charge in [0, 0.05) is 25.2 Å². The average molecular weight is 230 g/mol. The number of hydrogen-bond donors (Lipinski definition) is 0. The third kappa shape index (κ3) is 5.17. The van der Waals surface area contributed by atoms with E-state index in [9.17, 15) is 4.79 Å². The molecule has 0 spiro atoms. The fourth-order valence-corrected chi connectivity index (χ4v) is 1.71. The van der Waals surface area contributed by atoms with Crippen molar-refractivity contribution in [2.45, 2.75) is 26.2 Å². The first-order chi connectivity index (χ1) is 8.24. The predicted octanol–water partition coefficient (Wildman–Crippen LogP) is 2.78. The number of para-hydroxylation sites is 1. The second-order valence-electron chi connectivity index (χ2n) is 4.04. The summed E-state index contributed by atoms with van der Waals surface area (Å²) >= 11 is 0. The van der Waals surface area contributed by atoms with Crippen LogP contribution in [0.15, 0.2) is 30.3 Å². The summed E-state index contributed by atoms with van der Waals surface area (Å²) in [6.07, 6.45) is 1.96. The number of carbonyl (C=O) groups is 1. The molecule has 0 radical (unpaired) electrons. The zero-order valence-corrected chi connectivity index (χ0v) is 10.2. The van der Waals surface area contributed by atoms with Gasteiger partial charge in [0.15, 0.2) is 0 Å². The molecule has 0 heterocycles. The Bertz CT molecular complexity index is 381. The van der Waals surface area contributed by atoms with Crippen LogP contribution in [0.25, 0.3) is 0 Å². The van der Waals surface area contributed by atoms with E-state index in [1.54, 1.807) is 6.92 Å². The highest BCUT2D eigenvalue weighted by Gasteiger charge is 2.05. The van der Waals surface area contributed by atoms with Crippen LogP contribution in [0.1, 0.15) is 26.2 Å². The van der Waals surface area contributed by atoms with Crippen molar-refractivity contribution < 1.29 is 4.79 Å². The Morgan fingerprint density at radius 3 is 2.59 bits per heavy atom. The summed E-state index contributed by atoms with van der Waals surface area (Å²) in [6.45, 7) is 3.16. The van der Waals surface area contributed by atoms with E-state index in [1.165, 1.54) is 0 Å². The van der Waals surface area contributed by atoms with Crippen molar-refractivity contribution >= 4 is 11.5 Å². The van der Waals surface area contributed by atoms with Gasteiger partial charge >= 0.3 is 0 Å². The Morgan fingerprint density at radius 2 is 2.00 bits per heavy atom. The van der Waals surface area contributed by atoms with E-state index >= 15 is 0 Å². The van der Waals surface area contributed by atoms with E-state index in [-0.39, 0.29) is 5.78 Å². The van der Waals surface area contributed by atoms with E-state index in [1.807, 2.05) is 30.3 Å². The minimum atomic E-state index is 0.221. The van der Waals surface area contributed by atoms with Gasteiger partial charge in [0.05, 0.1) is 12.5 Å². The number of nitriles is 1. The maximum Gasteiger partial charge on any atom is 0.129 e. The Hall–Kier alpha value is -1.82. The Balaban J connectivity index is 2.55. The van der Waals surface area contributed by atoms with Gasteiger partial charge in [-0.3, -0.25) is 0 Å². The summed E-state index contributed by atoms with van der Waals surface area (Å²) in [4.78, 5) is 13.1. The van der Waals surface area contributed by atoms with Gasteiger partial charge in [-0.15, -0.1) is 0 Å². The Labute approximate surface area is 103 Å². The summed E-state index contributed by atoms with van der Waals surface area (Å²) < 4.78 is 0. The molecular weight excluding hydrogens is 212 g/mol. The van der Waals surface area contributed by atoms with Crippen molar-refractivity contribution in [3.63, 3.8) is 0 Å². The van der Waals surface area contributed by atoms with Crippen molar-refractivity contribution in [1.29, 1.82) is 5.26 Å². The second kappa shape index (κ2) is 7.45. The maximum atomic E-state index is 10.9. The Kier molecular flexibility index (Phi) is 5.81. The van der Waals surface area contributed by atoms with E-state index in [0.29, 0.717) is 12.8 Å². The van der Waals surface area contributed by atoms with Crippen molar-refractivity contribution in [3.8, 4) is 6.07 Å². The van der Waals surface area contributed by atoms with Crippen molar-refractivity contribution in [3.05, 3.63) is 30.3 Å². The third-order valence-corrected chi connectivity index (χ3v) is 2.57. The molecule has 0 aliphatic carbocycles. The van der Waals surface area contributed by atoms with Crippen LogP contribution >= 0.6 is 0 Å². The average Bonchev–Trinajstić information content (AvgIpc) is 2.34. The van der Waals surface area contributed by atoms with Crippen molar-refractivity contribution in [2.24, 2.45) is 0 Å². The molecule has 1 aromatic rings. The summed E-state index contributed by atoms with van der Waals surface area (Å²) in [7, 11) is 0. The van der Waals surface area contributed by atoms with Gasteiger partial charge in [0.2, 0.25) is 0 Å². The van der Waals surface area contributed by atoms with E-state index in [0.717, 1.165) is 25.2 Å². The molecule has 0 aliphatic rings. The normalized spacial score (nSPS) is 9.65. The molecule has 0 amide bonds. The largest absolute Gasteiger partial charge is 0.370 e. The molecule has 0 saturated heterocycles. The minimum Gasteiger partial charge on any atom is -0.370 e. The molecule has 0 atom stereocenters. The number of Topliss-reactive ketones (excluding diaryl/α,β-unsaturated/α-hetero) is 1. The first kappa shape index (κ1) is 13.2. The lowest BCUT2D eigenvalue weighted by atomic mass is 10.2. The summed E-state index contributed by atoms with van der Waals surface area (Å²) in [5.74, 6) is 0.221. The van der Waals surface area contributed by atoms with Crippen LogP contribution in [0.3, 0.4) is 0 Å². The first-order valence-corrected chi connectivity index (χ1v) is 5.90. The smallest absolute Gasteiger partial charge is 0.129 e. The lowest BCUT2D eigenvalue weighted by Gasteiger charge is -2.23. The number of carbonyl (C=O) groups excluding carboxylic acids is 1. The summed E-state index contributed by atoms with van der Waals surface area (Å²) in [5, 5.41) is 8.64. The molecule has 17 heavy (non-hydrogen) atoms. The monoisotopic (exact) mass is 230 g/mol. The quantitative estimate of drug-likeness (QED) is 0.723. The lowest BCUT2D eigenvalue weighted by Crippen LogP contribution is -2.25. The molecule has 1 aromatic carbocycles. The minimum absolute atomic E-state index is 0.221. The molecular formula is C14H18N2O. The second-order valence-corrected chi connectivity index (χ2v) is 4.04. The number of nitrogens with zero attached hydrogens (tertiary/aromatic N) is 2. The number of benzene rings is 1. The van der Waals surface area contributed by atoms with Gasteiger partial charge in [-0.25, -0.2) is 0 Å². The van der Waals surface area contributed by atoms with Crippen LogP contribution in [0.2, 0.25) is 0 Å². The molecule has 0 aliphatic heterocycles. The standard InChI is InChI=1S/C14H18N2O/c1-13(17)7-5-11-16(12-6-10-15)14-8-3-2-4-9-14/h2-4,8-9H,5-7,11-12H2,1H3. The molecule has 0 unspecified atom stereocenters. The molecule has 3 heteroatoms. The highest BCUT2D eigenvalue weighted by atomic mass is 16.1.